The van der Waals surface area contributed by atoms with E-state index in [0.29, 0.717) is 5.92 Å². The lowest BCUT2D eigenvalue weighted by molar-refractivity contribution is 0.487. The lowest BCUT2D eigenvalue weighted by atomic mass is 10.1. The van der Waals surface area contributed by atoms with Crippen molar-refractivity contribution in [3.63, 3.8) is 0 Å². The molecular weight excluding hydrogens is 228 g/mol. The molecule has 1 heterocycles. The molecule has 0 amide bonds. The van der Waals surface area contributed by atoms with Crippen LogP contribution < -0.4 is 16.7 Å². The first-order chi connectivity index (χ1) is 8.69. The van der Waals surface area contributed by atoms with E-state index in [4.69, 9.17) is 5.73 Å². The maximum absolute atomic E-state index is 11.1. The highest BCUT2D eigenvalue weighted by Crippen LogP contribution is 2.10. The third-order valence-electron chi connectivity index (χ3n) is 3.06. The molecule has 0 aliphatic heterocycles. The third-order valence-corrected chi connectivity index (χ3v) is 3.06. The molecule has 5 nitrogen and oxygen atoms in total. The quantitative estimate of drug-likeness (QED) is 0.613. The summed E-state index contributed by atoms with van der Waals surface area (Å²) in [5, 5.41) is 3.40. The zero-order chi connectivity index (χ0) is 13.0. The molecule has 0 saturated carbocycles. The standard InChI is InChI=1S/C13H20N4O/c1-9(4-5-14)7-15-8-10-2-3-11-12(6-10)17-13(18)16-11/h2-3,6,9,15H,4-5,7-8,14H2,1H3,(H2,16,17,18). The van der Waals surface area contributed by atoms with Crippen LogP contribution in [0, 0.1) is 5.92 Å². The van der Waals surface area contributed by atoms with Gasteiger partial charge >= 0.3 is 5.69 Å². The van der Waals surface area contributed by atoms with Crippen molar-refractivity contribution < 1.29 is 0 Å². The third kappa shape index (κ3) is 3.21. The molecule has 5 heteroatoms. The number of benzene rings is 1. The molecule has 5 N–H and O–H groups in total. The van der Waals surface area contributed by atoms with Gasteiger partial charge in [-0.1, -0.05) is 13.0 Å². The van der Waals surface area contributed by atoms with Crippen molar-refractivity contribution in [3.8, 4) is 0 Å². The maximum atomic E-state index is 11.1. The summed E-state index contributed by atoms with van der Waals surface area (Å²) in [7, 11) is 0. The number of rotatable bonds is 6. The Morgan fingerprint density at radius 2 is 2.11 bits per heavy atom. The van der Waals surface area contributed by atoms with Crippen LogP contribution in [0.15, 0.2) is 23.0 Å². The normalized spacial score (nSPS) is 13.0. The van der Waals surface area contributed by atoms with Crippen LogP contribution in [0.2, 0.25) is 0 Å². The number of nitrogens with one attached hydrogen (secondary N) is 3. The minimum atomic E-state index is -0.160. The molecule has 0 saturated heterocycles. The van der Waals surface area contributed by atoms with Gasteiger partial charge in [0.15, 0.2) is 0 Å². The fourth-order valence-corrected chi connectivity index (χ4v) is 2.04. The zero-order valence-electron chi connectivity index (χ0n) is 10.6. The first-order valence-electron chi connectivity index (χ1n) is 6.30. The smallest absolute Gasteiger partial charge is 0.323 e. The van der Waals surface area contributed by atoms with E-state index < -0.39 is 0 Å². The molecule has 1 atom stereocenters. The zero-order valence-corrected chi connectivity index (χ0v) is 10.6. The Labute approximate surface area is 106 Å². The number of H-pyrrole nitrogens is 2. The predicted molar refractivity (Wildman–Crippen MR) is 73.5 cm³/mol. The number of aromatic nitrogens is 2. The van der Waals surface area contributed by atoms with Gasteiger partial charge in [-0.3, -0.25) is 0 Å². The van der Waals surface area contributed by atoms with Crippen molar-refractivity contribution in [2.45, 2.75) is 19.9 Å². The Bertz CT molecular complexity index is 557. The summed E-state index contributed by atoms with van der Waals surface area (Å²) in [4.78, 5) is 16.6. The van der Waals surface area contributed by atoms with Gasteiger partial charge in [-0.2, -0.15) is 0 Å². The number of imidazole rings is 1. The minimum absolute atomic E-state index is 0.160. The molecule has 1 aromatic carbocycles. The van der Waals surface area contributed by atoms with Crippen molar-refractivity contribution in [1.82, 2.24) is 15.3 Å². The molecule has 98 valence electrons. The van der Waals surface area contributed by atoms with Crippen LogP contribution in [0.5, 0.6) is 0 Å². The van der Waals surface area contributed by atoms with Crippen molar-refractivity contribution >= 4 is 11.0 Å². The van der Waals surface area contributed by atoms with Gasteiger partial charge in [0.05, 0.1) is 11.0 Å². The molecule has 18 heavy (non-hydrogen) atoms. The maximum Gasteiger partial charge on any atom is 0.323 e. The Hall–Kier alpha value is -1.59. The van der Waals surface area contributed by atoms with E-state index in [1.54, 1.807) is 0 Å². The Morgan fingerprint density at radius 3 is 2.89 bits per heavy atom. The van der Waals surface area contributed by atoms with E-state index in [9.17, 15) is 4.79 Å². The van der Waals surface area contributed by atoms with Crippen LogP contribution >= 0.6 is 0 Å². The second-order valence-electron chi connectivity index (χ2n) is 4.77. The number of fused-ring (bicyclic) bond motifs is 1. The van der Waals surface area contributed by atoms with Crippen LogP contribution in [-0.2, 0) is 6.54 Å². The van der Waals surface area contributed by atoms with Gasteiger partial charge in [-0.15, -0.1) is 0 Å². The van der Waals surface area contributed by atoms with Crippen molar-refractivity contribution in [3.05, 3.63) is 34.2 Å². The predicted octanol–water partition coefficient (Wildman–Crippen LogP) is 0.931. The highest BCUT2D eigenvalue weighted by Gasteiger charge is 2.02. The Morgan fingerprint density at radius 1 is 1.33 bits per heavy atom. The molecule has 0 aliphatic rings. The van der Waals surface area contributed by atoms with Gasteiger partial charge < -0.3 is 21.0 Å². The Kier molecular flexibility index (Phi) is 4.17. The number of aromatic amines is 2. The fraction of sp³-hybridized carbons (Fsp3) is 0.462. The van der Waals surface area contributed by atoms with Gasteiger partial charge in [0, 0.05) is 6.54 Å². The lowest BCUT2D eigenvalue weighted by Gasteiger charge is -2.11. The van der Waals surface area contributed by atoms with Gasteiger partial charge in [-0.25, -0.2) is 4.79 Å². The molecule has 2 aromatic rings. The van der Waals surface area contributed by atoms with E-state index in [0.717, 1.165) is 42.7 Å². The van der Waals surface area contributed by atoms with Crippen molar-refractivity contribution in [2.75, 3.05) is 13.1 Å². The number of hydrogen-bond acceptors (Lipinski definition) is 3. The second-order valence-corrected chi connectivity index (χ2v) is 4.77. The van der Waals surface area contributed by atoms with E-state index >= 15 is 0 Å². The van der Waals surface area contributed by atoms with Crippen LogP contribution in [-0.4, -0.2) is 23.1 Å². The van der Waals surface area contributed by atoms with Gasteiger partial charge in [0.1, 0.15) is 0 Å². The molecule has 1 aromatic heterocycles. The summed E-state index contributed by atoms with van der Waals surface area (Å²) >= 11 is 0. The van der Waals surface area contributed by atoms with Gasteiger partial charge in [0.2, 0.25) is 0 Å². The molecule has 0 aliphatic carbocycles. The fourth-order valence-electron chi connectivity index (χ4n) is 2.04. The first kappa shape index (κ1) is 12.9. The second kappa shape index (κ2) is 5.84. The average Bonchev–Trinajstić information content (AvgIpc) is 2.69. The molecule has 1 unspecified atom stereocenters. The van der Waals surface area contributed by atoms with Crippen LogP contribution in [0.4, 0.5) is 0 Å². The van der Waals surface area contributed by atoms with Gasteiger partial charge in [0.25, 0.3) is 0 Å². The van der Waals surface area contributed by atoms with Gasteiger partial charge in [-0.05, 0) is 43.1 Å². The monoisotopic (exact) mass is 248 g/mol. The average molecular weight is 248 g/mol. The van der Waals surface area contributed by atoms with E-state index in [1.165, 1.54) is 0 Å². The first-order valence-corrected chi connectivity index (χ1v) is 6.30. The molecule has 0 bridgehead atoms. The number of hydrogen-bond donors (Lipinski definition) is 4. The van der Waals surface area contributed by atoms with Crippen LogP contribution in [0.1, 0.15) is 18.9 Å². The van der Waals surface area contributed by atoms with Crippen molar-refractivity contribution in [2.24, 2.45) is 11.7 Å². The highest BCUT2D eigenvalue weighted by atomic mass is 16.1. The minimum Gasteiger partial charge on any atom is -0.330 e. The highest BCUT2D eigenvalue weighted by molar-refractivity contribution is 5.74. The molecule has 0 fully saturated rings. The summed E-state index contributed by atoms with van der Waals surface area (Å²) in [6.07, 6.45) is 1.04. The summed E-state index contributed by atoms with van der Waals surface area (Å²) < 4.78 is 0. The molecule has 0 radical (unpaired) electrons. The largest absolute Gasteiger partial charge is 0.330 e. The SMILES string of the molecule is CC(CCN)CNCc1ccc2[nH]c(=O)[nH]c2c1. The van der Waals surface area contributed by atoms with E-state index in [2.05, 4.69) is 22.2 Å². The lowest BCUT2D eigenvalue weighted by Crippen LogP contribution is -2.22. The topological polar surface area (TPSA) is 86.7 Å². The van der Waals surface area contributed by atoms with E-state index in [-0.39, 0.29) is 5.69 Å². The molecule has 0 spiro atoms. The summed E-state index contributed by atoms with van der Waals surface area (Å²) in [5.74, 6) is 0.589. The molecular formula is C13H20N4O. The Balaban J connectivity index is 1.93. The number of nitrogens with two attached hydrogens (primary N) is 1. The van der Waals surface area contributed by atoms with E-state index in [1.807, 2.05) is 18.2 Å². The van der Waals surface area contributed by atoms with Crippen molar-refractivity contribution in [1.29, 1.82) is 0 Å². The summed E-state index contributed by atoms with van der Waals surface area (Å²) in [6, 6.07) is 5.94. The molecule has 2 rings (SSSR count). The summed E-state index contributed by atoms with van der Waals surface area (Å²) in [5.41, 5.74) is 8.22. The summed E-state index contributed by atoms with van der Waals surface area (Å²) in [6.45, 7) is 4.68. The van der Waals surface area contributed by atoms with Crippen LogP contribution in [0.25, 0.3) is 11.0 Å². The van der Waals surface area contributed by atoms with Crippen LogP contribution in [0.3, 0.4) is 0 Å².